The van der Waals surface area contributed by atoms with Gasteiger partial charge in [-0.2, -0.15) is 28.1 Å². The van der Waals surface area contributed by atoms with Crippen molar-refractivity contribution < 1.29 is 17.6 Å². The second-order valence-corrected chi connectivity index (χ2v) is 12.1. The number of benzene rings is 1. The molecule has 0 radical (unpaired) electrons. The third kappa shape index (κ3) is 4.79. The predicted molar refractivity (Wildman–Crippen MR) is 149 cm³/mol. The molecule has 0 unspecified atom stereocenters. The molecule has 13 heteroatoms. The Morgan fingerprint density at radius 2 is 1.84 bits per heavy atom. The fourth-order valence-electron chi connectivity index (χ4n) is 5.83. The number of nitriles is 2. The molecule has 3 heterocycles. The maximum absolute atomic E-state index is 14.0. The second kappa shape index (κ2) is 9.90. The van der Waals surface area contributed by atoms with Gasteiger partial charge in [-0.15, -0.1) is 5.10 Å². The van der Waals surface area contributed by atoms with E-state index in [1.165, 1.54) is 12.3 Å². The molecule has 43 heavy (non-hydrogen) atoms. The van der Waals surface area contributed by atoms with E-state index in [1.54, 1.807) is 25.1 Å². The first-order valence-electron chi connectivity index (χ1n) is 13.7. The molecular weight excluding hydrogens is 562 g/mol. The number of hydrogen-bond donors (Lipinski definition) is 2. The molecule has 3 aromatic heterocycles. The van der Waals surface area contributed by atoms with Crippen LogP contribution >= 0.6 is 0 Å². The molecule has 4 aromatic rings. The molecule has 0 aliphatic heterocycles. The van der Waals surface area contributed by atoms with E-state index in [4.69, 9.17) is 0 Å². The van der Waals surface area contributed by atoms with E-state index < -0.39 is 30.1 Å². The Kier molecular flexibility index (Phi) is 6.53. The first-order valence-corrected chi connectivity index (χ1v) is 13.7. The van der Waals surface area contributed by atoms with Gasteiger partial charge in [-0.05, 0) is 64.2 Å². The van der Waals surface area contributed by atoms with E-state index in [-0.39, 0.29) is 27.9 Å². The molecule has 7 rings (SSSR count). The van der Waals surface area contributed by atoms with Gasteiger partial charge in [-0.1, -0.05) is 11.3 Å². The molecule has 1 atom stereocenters. The van der Waals surface area contributed by atoms with Gasteiger partial charge < -0.3 is 10.6 Å². The minimum atomic E-state index is -4.49. The first kappa shape index (κ1) is 28.3. The average molecular weight is 590 g/mol. The molecule has 3 aliphatic rings. The number of alkyl halides is 3. The summed E-state index contributed by atoms with van der Waals surface area (Å²) in [6.07, 6.45) is 1.76. The van der Waals surface area contributed by atoms with Crippen molar-refractivity contribution in [2.45, 2.75) is 57.8 Å². The SMILES string of the molecule is Cc1nc(F)ccc1[C@H](Nc1cc(C#N)c2ncc(C#N)c(NCC(C)(C)C(F)(F)F)c2c1)c1cn(C23CC(C2)C3)nn1. The summed E-state index contributed by atoms with van der Waals surface area (Å²) in [5.41, 5.74) is 0.423. The molecule has 1 aromatic carbocycles. The first-order chi connectivity index (χ1) is 20.3. The molecule has 2 N–H and O–H groups in total. The number of rotatable bonds is 8. The van der Waals surface area contributed by atoms with Crippen LogP contribution in [0.5, 0.6) is 0 Å². The number of nitrogens with zero attached hydrogens (tertiary/aromatic N) is 7. The van der Waals surface area contributed by atoms with E-state index in [0.29, 0.717) is 28.0 Å². The van der Waals surface area contributed by atoms with Crippen LogP contribution in [0.25, 0.3) is 10.9 Å². The number of nitrogens with one attached hydrogen (secondary N) is 2. The van der Waals surface area contributed by atoms with Crippen molar-refractivity contribution in [1.29, 1.82) is 10.5 Å². The van der Waals surface area contributed by atoms with Gasteiger partial charge in [0.1, 0.15) is 17.8 Å². The van der Waals surface area contributed by atoms with Crippen molar-refractivity contribution in [3.8, 4) is 12.1 Å². The Hall–Kier alpha value is -4.78. The van der Waals surface area contributed by atoms with Crippen LogP contribution in [-0.4, -0.2) is 37.7 Å². The maximum atomic E-state index is 14.0. The predicted octanol–water partition coefficient (Wildman–Crippen LogP) is 6.12. The van der Waals surface area contributed by atoms with E-state index in [2.05, 4.69) is 37.0 Å². The van der Waals surface area contributed by atoms with Crippen LogP contribution < -0.4 is 10.6 Å². The molecule has 3 saturated carbocycles. The molecule has 220 valence electrons. The van der Waals surface area contributed by atoms with E-state index in [1.807, 2.05) is 16.9 Å². The highest BCUT2D eigenvalue weighted by Crippen LogP contribution is 2.62. The topological polar surface area (TPSA) is 128 Å². The van der Waals surface area contributed by atoms with Gasteiger partial charge in [0.2, 0.25) is 5.95 Å². The number of fused-ring (bicyclic) bond motifs is 1. The van der Waals surface area contributed by atoms with Gasteiger partial charge in [0.15, 0.2) is 0 Å². The summed E-state index contributed by atoms with van der Waals surface area (Å²) < 4.78 is 56.7. The van der Waals surface area contributed by atoms with Crippen LogP contribution in [0.4, 0.5) is 28.9 Å². The number of aryl methyl sites for hydroxylation is 1. The lowest BCUT2D eigenvalue weighted by Crippen LogP contribution is -2.59. The number of pyridine rings is 2. The van der Waals surface area contributed by atoms with E-state index >= 15 is 0 Å². The Labute approximate surface area is 244 Å². The fraction of sp³-hybridized carbons (Fsp3) is 0.400. The van der Waals surface area contributed by atoms with Gasteiger partial charge in [0.25, 0.3) is 0 Å². The van der Waals surface area contributed by atoms with Crippen molar-refractivity contribution in [1.82, 2.24) is 25.0 Å². The van der Waals surface area contributed by atoms with Gasteiger partial charge in [-0.25, -0.2) is 9.67 Å². The number of halogens is 4. The molecule has 3 aliphatic carbocycles. The second-order valence-electron chi connectivity index (χ2n) is 12.1. The lowest BCUT2D eigenvalue weighted by molar-refractivity contribution is -0.206. The Morgan fingerprint density at radius 3 is 2.44 bits per heavy atom. The Bertz CT molecular complexity index is 1810. The van der Waals surface area contributed by atoms with Crippen LogP contribution in [0.2, 0.25) is 0 Å². The summed E-state index contributed by atoms with van der Waals surface area (Å²) in [5.74, 6) is 0.0890. The van der Waals surface area contributed by atoms with Crippen LogP contribution in [-0.2, 0) is 5.54 Å². The van der Waals surface area contributed by atoms with Crippen molar-refractivity contribution in [2.75, 3.05) is 17.2 Å². The average Bonchev–Trinajstić information content (AvgIpc) is 3.37. The largest absolute Gasteiger partial charge is 0.395 e. The normalized spacial score (nSPS) is 20.0. The molecule has 9 nitrogen and oxygen atoms in total. The highest BCUT2D eigenvalue weighted by Gasteiger charge is 2.59. The smallest absolute Gasteiger partial charge is 0.382 e. The third-order valence-electron chi connectivity index (χ3n) is 8.70. The van der Waals surface area contributed by atoms with Gasteiger partial charge >= 0.3 is 6.18 Å². The zero-order chi connectivity index (χ0) is 30.7. The molecule has 3 fully saturated rings. The van der Waals surface area contributed by atoms with Crippen LogP contribution in [0.1, 0.15) is 67.2 Å². The fourth-order valence-corrected chi connectivity index (χ4v) is 5.83. The third-order valence-corrected chi connectivity index (χ3v) is 8.70. The molecular formula is C30H27F4N9. The summed E-state index contributed by atoms with van der Waals surface area (Å²) in [6.45, 7) is 3.28. The van der Waals surface area contributed by atoms with Crippen LogP contribution in [0.3, 0.4) is 0 Å². The standard InChI is InChI=1S/C30H27F4N9/c1-16-21(4-5-24(31)39-16)27(23-14-43(42-41-23)29-8-17(9-29)10-29)40-20-6-18(11-35)25-22(7-20)26(19(12-36)13-37-25)38-15-28(2,3)30(32,33)34/h4-7,13-14,17,27,40H,8-10,15H2,1-3H3,(H,37,38)/t17?,27-,29?/m0/s1. The van der Waals surface area contributed by atoms with Crippen LogP contribution in [0.15, 0.2) is 36.7 Å². The summed E-state index contributed by atoms with van der Waals surface area (Å²) in [5, 5.41) is 35.1. The minimum absolute atomic E-state index is 0.0163. The van der Waals surface area contributed by atoms with Crippen molar-refractivity contribution in [3.05, 3.63) is 70.7 Å². The number of hydrogen-bond acceptors (Lipinski definition) is 8. The lowest BCUT2D eigenvalue weighted by Gasteiger charge is -2.61. The van der Waals surface area contributed by atoms with Crippen molar-refractivity contribution >= 4 is 22.3 Å². The molecule has 0 spiro atoms. The summed E-state index contributed by atoms with van der Waals surface area (Å²) in [7, 11) is 0. The highest BCUT2D eigenvalue weighted by atomic mass is 19.4. The zero-order valence-corrected chi connectivity index (χ0v) is 23.6. The zero-order valence-electron chi connectivity index (χ0n) is 23.6. The van der Waals surface area contributed by atoms with Crippen molar-refractivity contribution in [2.24, 2.45) is 11.3 Å². The van der Waals surface area contributed by atoms with Gasteiger partial charge in [0.05, 0.1) is 45.5 Å². The lowest BCUT2D eigenvalue weighted by atomic mass is 9.50. The van der Waals surface area contributed by atoms with Crippen LogP contribution in [0, 0.1) is 46.9 Å². The molecule has 2 bridgehead atoms. The van der Waals surface area contributed by atoms with E-state index in [0.717, 1.165) is 39.0 Å². The minimum Gasteiger partial charge on any atom is -0.382 e. The summed E-state index contributed by atoms with van der Waals surface area (Å²) >= 11 is 0. The van der Waals surface area contributed by atoms with Gasteiger partial charge in [-0.3, -0.25) is 4.98 Å². The maximum Gasteiger partial charge on any atom is 0.395 e. The molecule has 0 amide bonds. The van der Waals surface area contributed by atoms with Gasteiger partial charge in [0, 0.05) is 35.1 Å². The highest BCUT2D eigenvalue weighted by molar-refractivity contribution is 5.99. The Balaban J connectivity index is 1.44. The number of anilines is 2. The number of aromatic nitrogens is 5. The summed E-state index contributed by atoms with van der Waals surface area (Å²) in [6, 6.07) is 9.46. The quantitative estimate of drug-likeness (QED) is 0.186. The summed E-state index contributed by atoms with van der Waals surface area (Å²) in [4.78, 5) is 8.25. The Morgan fingerprint density at radius 1 is 1.12 bits per heavy atom. The molecule has 0 saturated heterocycles. The monoisotopic (exact) mass is 589 g/mol. The van der Waals surface area contributed by atoms with Crippen molar-refractivity contribution in [3.63, 3.8) is 0 Å². The van der Waals surface area contributed by atoms with E-state index in [9.17, 15) is 28.1 Å².